The van der Waals surface area contributed by atoms with E-state index in [4.69, 9.17) is 0 Å². The molecule has 19 heavy (non-hydrogen) atoms. The molecule has 0 bridgehead atoms. The molecule has 1 amide bonds. The van der Waals surface area contributed by atoms with Crippen molar-refractivity contribution in [3.63, 3.8) is 0 Å². The monoisotopic (exact) mass is 259 g/mol. The largest absolute Gasteiger partial charge is 0.379 e. The quantitative estimate of drug-likeness (QED) is 0.862. The van der Waals surface area contributed by atoms with Crippen LogP contribution in [0.5, 0.6) is 0 Å². The van der Waals surface area contributed by atoms with Crippen molar-refractivity contribution in [1.82, 2.24) is 20.3 Å². The van der Waals surface area contributed by atoms with Crippen LogP contribution in [0.3, 0.4) is 0 Å². The summed E-state index contributed by atoms with van der Waals surface area (Å²) >= 11 is 0. The molecule has 1 aromatic carbocycles. The Labute approximate surface area is 111 Å². The zero-order chi connectivity index (χ0) is 13.8. The number of rotatable bonds is 4. The summed E-state index contributed by atoms with van der Waals surface area (Å²) in [6.07, 6.45) is 1.85. The third-order valence-corrected chi connectivity index (χ3v) is 2.92. The van der Waals surface area contributed by atoms with Crippen LogP contribution >= 0.6 is 0 Å². The van der Waals surface area contributed by atoms with Crippen molar-refractivity contribution in [2.75, 3.05) is 12.4 Å². The van der Waals surface area contributed by atoms with E-state index in [2.05, 4.69) is 20.9 Å². The third-order valence-electron chi connectivity index (χ3n) is 2.92. The fraction of sp³-hybridized carbons (Fsp3) is 0.308. The highest BCUT2D eigenvalue weighted by atomic mass is 16.1. The SMILES string of the molecule is CNC(=O)c1cccc(NCc2cn(C)nn2)c1C. The fourth-order valence-corrected chi connectivity index (χ4v) is 1.87. The molecular formula is C13H17N5O. The van der Waals surface area contributed by atoms with E-state index in [9.17, 15) is 4.79 Å². The van der Waals surface area contributed by atoms with Gasteiger partial charge in [0, 0.05) is 31.5 Å². The Morgan fingerprint density at radius 3 is 2.84 bits per heavy atom. The minimum absolute atomic E-state index is 0.0827. The van der Waals surface area contributed by atoms with Crippen molar-refractivity contribution >= 4 is 11.6 Å². The molecule has 0 aliphatic heterocycles. The minimum atomic E-state index is -0.0827. The van der Waals surface area contributed by atoms with Crippen LogP contribution < -0.4 is 10.6 Å². The van der Waals surface area contributed by atoms with E-state index in [0.29, 0.717) is 12.1 Å². The molecule has 0 fully saturated rings. The number of anilines is 1. The van der Waals surface area contributed by atoms with Crippen LogP contribution in [0.1, 0.15) is 21.6 Å². The minimum Gasteiger partial charge on any atom is -0.379 e. The Kier molecular flexibility index (Phi) is 3.79. The van der Waals surface area contributed by atoms with Gasteiger partial charge in [0.2, 0.25) is 0 Å². The van der Waals surface area contributed by atoms with Gasteiger partial charge in [0.1, 0.15) is 5.69 Å². The highest BCUT2D eigenvalue weighted by Gasteiger charge is 2.10. The molecule has 1 heterocycles. The second-order valence-corrected chi connectivity index (χ2v) is 4.29. The number of hydrogen-bond donors (Lipinski definition) is 2. The molecule has 100 valence electrons. The van der Waals surface area contributed by atoms with Crippen LogP contribution in [0, 0.1) is 6.92 Å². The fourth-order valence-electron chi connectivity index (χ4n) is 1.87. The smallest absolute Gasteiger partial charge is 0.251 e. The number of carbonyl (C=O) groups excluding carboxylic acids is 1. The summed E-state index contributed by atoms with van der Waals surface area (Å²) in [6, 6.07) is 5.61. The van der Waals surface area contributed by atoms with E-state index >= 15 is 0 Å². The van der Waals surface area contributed by atoms with Crippen molar-refractivity contribution in [1.29, 1.82) is 0 Å². The Morgan fingerprint density at radius 1 is 1.42 bits per heavy atom. The van der Waals surface area contributed by atoms with Gasteiger partial charge in [-0.2, -0.15) is 0 Å². The van der Waals surface area contributed by atoms with E-state index < -0.39 is 0 Å². The van der Waals surface area contributed by atoms with E-state index in [1.165, 1.54) is 0 Å². The molecule has 0 aliphatic rings. The maximum atomic E-state index is 11.7. The van der Waals surface area contributed by atoms with Gasteiger partial charge in [-0.25, -0.2) is 0 Å². The topological polar surface area (TPSA) is 71.8 Å². The molecule has 6 heteroatoms. The standard InChI is InChI=1S/C13H17N5O/c1-9-11(13(19)14-2)5-4-6-12(9)15-7-10-8-18(3)17-16-10/h4-6,8,15H,7H2,1-3H3,(H,14,19). The molecule has 0 radical (unpaired) electrons. The van der Waals surface area contributed by atoms with Crippen LogP contribution in [-0.2, 0) is 13.6 Å². The number of amides is 1. The molecule has 0 aliphatic carbocycles. The third kappa shape index (κ3) is 2.90. The van der Waals surface area contributed by atoms with Crippen LogP contribution in [-0.4, -0.2) is 27.9 Å². The molecule has 0 saturated carbocycles. The second-order valence-electron chi connectivity index (χ2n) is 4.29. The summed E-state index contributed by atoms with van der Waals surface area (Å²) in [7, 11) is 3.45. The number of benzene rings is 1. The predicted molar refractivity (Wildman–Crippen MR) is 72.9 cm³/mol. The summed E-state index contributed by atoms with van der Waals surface area (Å²) < 4.78 is 1.66. The molecule has 1 aromatic heterocycles. The summed E-state index contributed by atoms with van der Waals surface area (Å²) in [4.78, 5) is 11.7. The van der Waals surface area contributed by atoms with Crippen molar-refractivity contribution in [2.45, 2.75) is 13.5 Å². The zero-order valence-electron chi connectivity index (χ0n) is 11.3. The highest BCUT2D eigenvalue weighted by Crippen LogP contribution is 2.19. The highest BCUT2D eigenvalue weighted by molar-refractivity contribution is 5.96. The average Bonchev–Trinajstić information content (AvgIpc) is 2.82. The maximum Gasteiger partial charge on any atom is 0.251 e. The lowest BCUT2D eigenvalue weighted by Crippen LogP contribution is -2.19. The first kappa shape index (κ1) is 13.1. The number of nitrogens with one attached hydrogen (secondary N) is 2. The van der Waals surface area contributed by atoms with Crippen LogP contribution in [0.15, 0.2) is 24.4 Å². The Hall–Kier alpha value is -2.37. The van der Waals surface area contributed by atoms with Gasteiger partial charge < -0.3 is 10.6 Å². The number of nitrogens with zero attached hydrogens (tertiary/aromatic N) is 3. The molecule has 2 N–H and O–H groups in total. The van der Waals surface area contributed by atoms with Gasteiger partial charge in [0.25, 0.3) is 5.91 Å². The first-order chi connectivity index (χ1) is 9.11. The number of aromatic nitrogens is 3. The summed E-state index contributed by atoms with van der Waals surface area (Å²) in [6.45, 7) is 2.50. The van der Waals surface area contributed by atoms with E-state index in [0.717, 1.165) is 16.9 Å². The normalized spacial score (nSPS) is 10.3. The lowest BCUT2D eigenvalue weighted by Gasteiger charge is -2.11. The van der Waals surface area contributed by atoms with Gasteiger partial charge >= 0.3 is 0 Å². The molecule has 0 saturated heterocycles. The van der Waals surface area contributed by atoms with Gasteiger partial charge in [-0.1, -0.05) is 11.3 Å². The van der Waals surface area contributed by atoms with Crippen molar-refractivity contribution < 1.29 is 4.79 Å². The summed E-state index contributed by atoms with van der Waals surface area (Å²) in [5, 5.41) is 13.8. The van der Waals surface area contributed by atoms with Gasteiger partial charge in [-0.15, -0.1) is 5.10 Å². The molecule has 2 rings (SSSR count). The van der Waals surface area contributed by atoms with Gasteiger partial charge in [-0.05, 0) is 24.6 Å². The van der Waals surface area contributed by atoms with Gasteiger partial charge in [0.15, 0.2) is 0 Å². The van der Waals surface area contributed by atoms with Gasteiger partial charge in [0.05, 0.1) is 6.54 Å². The van der Waals surface area contributed by atoms with Crippen LogP contribution in [0.2, 0.25) is 0 Å². The average molecular weight is 259 g/mol. The van der Waals surface area contributed by atoms with Crippen LogP contribution in [0.4, 0.5) is 5.69 Å². The molecule has 0 spiro atoms. The van der Waals surface area contributed by atoms with Crippen molar-refractivity contribution in [2.24, 2.45) is 7.05 Å². The van der Waals surface area contributed by atoms with Crippen molar-refractivity contribution in [3.8, 4) is 0 Å². The zero-order valence-corrected chi connectivity index (χ0v) is 11.3. The molecule has 6 nitrogen and oxygen atoms in total. The first-order valence-corrected chi connectivity index (χ1v) is 6.02. The lowest BCUT2D eigenvalue weighted by molar-refractivity contribution is 0.0962. The summed E-state index contributed by atoms with van der Waals surface area (Å²) in [5.41, 5.74) is 3.37. The number of aryl methyl sites for hydroxylation is 1. The Balaban J connectivity index is 2.14. The van der Waals surface area contributed by atoms with Crippen molar-refractivity contribution in [3.05, 3.63) is 41.2 Å². The molecule has 0 unspecified atom stereocenters. The summed E-state index contributed by atoms with van der Waals surface area (Å²) in [5.74, 6) is -0.0827. The first-order valence-electron chi connectivity index (χ1n) is 6.02. The second kappa shape index (κ2) is 5.51. The number of hydrogen-bond acceptors (Lipinski definition) is 4. The Bertz CT molecular complexity index is 590. The predicted octanol–water partition coefficient (Wildman–Crippen LogP) is 1.10. The van der Waals surface area contributed by atoms with E-state index in [1.54, 1.807) is 11.7 Å². The number of carbonyl (C=O) groups is 1. The van der Waals surface area contributed by atoms with E-state index in [-0.39, 0.29) is 5.91 Å². The molecular weight excluding hydrogens is 242 g/mol. The van der Waals surface area contributed by atoms with Gasteiger partial charge in [-0.3, -0.25) is 9.48 Å². The van der Waals surface area contributed by atoms with Crippen LogP contribution in [0.25, 0.3) is 0 Å². The molecule has 2 aromatic rings. The Morgan fingerprint density at radius 2 is 2.21 bits per heavy atom. The van der Waals surface area contributed by atoms with E-state index in [1.807, 2.05) is 38.4 Å². The maximum absolute atomic E-state index is 11.7. The lowest BCUT2D eigenvalue weighted by atomic mass is 10.1. The molecule has 0 atom stereocenters.